The van der Waals surface area contributed by atoms with Gasteiger partial charge in [-0.15, -0.1) is 11.3 Å². The number of carbonyl (C=O) groups excluding carboxylic acids is 2. The van der Waals surface area contributed by atoms with E-state index in [1.165, 1.54) is 6.08 Å². The highest BCUT2D eigenvalue weighted by Crippen LogP contribution is 2.27. The van der Waals surface area contributed by atoms with Gasteiger partial charge in [-0.2, -0.15) is 0 Å². The normalized spacial score (nSPS) is 14.7. The largest absolute Gasteiger partial charge is 0.323 e. The Morgan fingerprint density at radius 3 is 2.56 bits per heavy atom. The summed E-state index contributed by atoms with van der Waals surface area (Å²) >= 11 is 1.58. The molecule has 1 aromatic heterocycles. The van der Waals surface area contributed by atoms with Gasteiger partial charge in [-0.05, 0) is 46.9 Å². The number of amides is 1. The van der Waals surface area contributed by atoms with Crippen LogP contribution in [0.4, 0.5) is 5.69 Å². The number of benzene rings is 2. The number of thiophene rings is 1. The van der Waals surface area contributed by atoms with E-state index in [2.05, 4.69) is 5.32 Å². The number of Topliss-reactive ketones (excluding diaryl/α,β-unsaturated/α-hetero) is 1. The zero-order valence-electron chi connectivity index (χ0n) is 14.5. The third kappa shape index (κ3) is 3.96. The third-order valence-corrected chi connectivity index (χ3v) is 5.23. The Balaban J connectivity index is 1.42. The van der Waals surface area contributed by atoms with Crippen LogP contribution in [0.5, 0.6) is 0 Å². The predicted octanol–water partition coefficient (Wildman–Crippen LogP) is 5.22. The molecular weight excluding hydrogens is 354 g/mol. The first-order valence-corrected chi connectivity index (χ1v) is 9.53. The molecule has 1 amide bonds. The zero-order chi connectivity index (χ0) is 18.6. The van der Waals surface area contributed by atoms with Gasteiger partial charge in [-0.25, -0.2) is 0 Å². The minimum atomic E-state index is -0.170. The van der Waals surface area contributed by atoms with E-state index in [4.69, 9.17) is 0 Å². The van der Waals surface area contributed by atoms with Crippen LogP contribution < -0.4 is 5.32 Å². The van der Waals surface area contributed by atoms with Crippen LogP contribution in [-0.2, 0) is 11.2 Å². The summed E-state index contributed by atoms with van der Waals surface area (Å²) in [5, 5.41) is 4.81. The van der Waals surface area contributed by atoms with Crippen molar-refractivity contribution in [2.75, 3.05) is 5.32 Å². The zero-order valence-corrected chi connectivity index (χ0v) is 15.3. The van der Waals surface area contributed by atoms with Crippen LogP contribution in [0.15, 0.2) is 77.7 Å². The van der Waals surface area contributed by atoms with Crippen LogP contribution in [0.3, 0.4) is 0 Å². The molecule has 1 aliphatic carbocycles. The summed E-state index contributed by atoms with van der Waals surface area (Å²) in [4.78, 5) is 25.5. The van der Waals surface area contributed by atoms with E-state index in [1.54, 1.807) is 17.4 Å². The predicted molar refractivity (Wildman–Crippen MR) is 111 cm³/mol. The van der Waals surface area contributed by atoms with E-state index >= 15 is 0 Å². The number of rotatable bonds is 4. The van der Waals surface area contributed by atoms with Gasteiger partial charge in [0.05, 0.1) is 0 Å². The number of hydrogen-bond donors (Lipinski definition) is 1. The van der Waals surface area contributed by atoms with Crippen molar-refractivity contribution < 1.29 is 9.59 Å². The lowest BCUT2D eigenvalue weighted by atomic mass is 10.1. The number of hydrogen-bond acceptors (Lipinski definition) is 3. The van der Waals surface area contributed by atoms with Gasteiger partial charge < -0.3 is 5.32 Å². The highest BCUT2D eigenvalue weighted by atomic mass is 32.1. The topological polar surface area (TPSA) is 46.2 Å². The maximum Gasteiger partial charge on any atom is 0.248 e. The summed E-state index contributed by atoms with van der Waals surface area (Å²) in [5.74, 6) is -0.0716. The summed E-state index contributed by atoms with van der Waals surface area (Å²) in [6.45, 7) is 0. The van der Waals surface area contributed by atoms with Crippen LogP contribution in [0, 0.1) is 0 Å². The molecule has 3 aromatic rings. The fourth-order valence-corrected chi connectivity index (χ4v) is 3.68. The second-order valence-electron chi connectivity index (χ2n) is 6.29. The maximum atomic E-state index is 12.5. The van der Waals surface area contributed by atoms with E-state index in [0.717, 1.165) is 32.8 Å². The van der Waals surface area contributed by atoms with E-state index in [1.807, 2.05) is 72.1 Å². The Hall–Kier alpha value is -3.24. The summed E-state index contributed by atoms with van der Waals surface area (Å²) < 4.78 is 0. The Morgan fingerprint density at radius 2 is 1.81 bits per heavy atom. The minimum absolute atomic E-state index is 0.0988. The Bertz CT molecular complexity index is 1040. The van der Waals surface area contributed by atoms with E-state index in [9.17, 15) is 9.59 Å². The molecule has 1 aliphatic rings. The lowest BCUT2D eigenvalue weighted by molar-refractivity contribution is -0.111. The van der Waals surface area contributed by atoms with Gasteiger partial charge in [0.15, 0.2) is 5.78 Å². The molecule has 0 saturated carbocycles. The highest BCUT2D eigenvalue weighted by molar-refractivity contribution is 7.10. The molecule has 0 atom stereocenters. The first-order chi connectivity index (χ1) is 13.2. The molecule has 0 unspecified atom stereocenters. The van der Waals surface area contributed by atoms with Crippen molar-refractivity contribution in [3.63, 3.8) is 0 Å². The van der Waals surface area contributed by atoms with Gasteiger partial charge >= 0.3 is 0 Å². The first kappa shape index (κ1) is 17.2. The molecule has 4 heteroatoms. The van der Waals surface area contributed by atoms with Gasteiger partial charge in [0.1, 0.15) is 0 Å². The van der Waals surface area contributed by atoms with Crippen LogP contribution >= 0.6 is 11.3 Å². The molecule has 1 heterocycles. The van der Waals surface area contributed by atoms with Crippen LogP contribution in [0.25, 0.3) is 12.2 Å². The van der Waals surface area contributed by atoms with Crippen LogP contribution in [0.2, 0.25) is 0 Å². The molecule has 27 heavy (non-hydrogen) atoms. The number of nitrogens with one attached hydrogen (secondary N) is 1. The van der Waals surface area contributed by atoms with E-state index in [0.29, 0.717) is 6.42 Å². The fourth-order valence-electron chi connectivity index (χ4n) is 3.06. The third-order valence-electron chi connectivity index (χ3n) is 4.40. The van der Waals surface area contributed by atoms with Crippen molar-refractivity contribution in [3.8, 4) is 0 Å². The van der Waals surface area contributed by atoms with Crippen molar-refractivity contribution >= 4 is 40.9 Å². The molecule has 3 nitrogen and oxygen atoms in total. The average molecular weight is 371 g/mol. The summed E-state index contributed by atoms with van der Waals surface area (Å²) in [6, 6.07) is 19.1. The van der Waals surface area contributed by atoms with Crippen molar-refractivity contribution in [3.05, 3.63) is 99.3 Å². The first-order valence-electron chi connectivity index (χ1n) is 8.65. The maximum absolute atomic E-state index is 12.5. The smallest absolute Gasteiger partial charge is 0.248 e. The van der Waals surface area contributed by atoms with Crippen molar-refractivity contribution in [2.45, 2.75) is 6.42 Å². The molecule has 4 rings (SSSR count). The van der Waals surface area contributed by atoms with E-state index < -0.39 is 0 Å². The highest BCUT2D eigenvalue weighted by Gasteiger charge is 2.23. The molecule has 1 N–H and O–H groups in total. The SMILES string of the molecule is O=C(/C=C/c1cccs1)Nc1ccc(/C=C2\Cc3ccccc3C2=O)cc1. The summed E-state index contributed by atoms with van der Waals surface area (Å²) in [5.41, 5.74) is 4.34. The molecule has 0 aliphatic heterocycles. The Labute approximate surface area is 161 Å². The molecule has 0 spiro atoms. The molecule has 2 aromatic carbocycles. The average Bonchev–Trinajstić information content (AvgIpc) is 3.31. The van der Waals surface area contributed by atoms with Gasteiger partial charge in [0.25, 0.3) is 0 Å². The number of carbonyl (C=O) groups is 2. The lowest BCUT2D eigenvalue weighted by Gasteiger charge is -2.03. The second-order valence-corrected chi connectivity index (χ2v) is 7.27. The molecule has 0 fully saturated rings. The molecule has 0 saturated heterocycles. The lowest BCUT2D eigenvalue weighted by Crippen LogP contribution is -2.07. The van der Waals surface area contributed by atoms with Crippen molar-refractivity contribution in [1.82, 2.24) is 0 Å². The summed E-state index contributed by atoms with van der Waals surface area (Å²) in [6.07, 6.45) is 5.91. The number of fused-ring (bicyclic) bond motifs is 1. The van der Waals surface area contributed by atoms with Crippen molar-refractivity contribution in [2.24, 2.45) is 0 Å². The molecule has 132 valence electrons. The second kappa shape index (κ2) is 7.56. The Kier molecular flexibility index (Phi) is 4.81. The minimum Gasteiger partial charge on any atom is -0.323 e. The Morgan fingerprint density at radius 1 is 1.00 bits per heavy atom. The standard InChI is InChI=1S/C23H17NO2S/c25-22(12-11-20-5-3-13-27-20)24-19-9-7-16(8-10-19)14-18-15-17-4-1-2-6-21(17)23(18)26/h1-14H,15H2,(H,24,25)/b12-11+,18-14+. The number of anilines is 1. The fraction of sp³-hybridized carbons (Fsp3) is 0.0435. The number of allylic oxidation sites excluding steroid dienone is 1. The molecular formula is C23H17NO2S. The summed E-state index contributed by atoms with van der Waals surface area (Å²) in [7, 11) is 0. The van der Waals surface area contributed by atoms with Gasteiger partial charge in [0.2, 0.25) is 5.91 Å². The van der Waals surface area contributed by atoms with Crippen LogP contribution in [0.1, 0.15) is 26.4 Å². The van der Waals surface area contributed by atoms with Gasteiger partial charge in [-0.3, -0.25) is 9.59 Å². The quantitative estimate of drug-likeness (QED) is 0.639. The molecule has 0 radical (unpaired) electrons. The van der Waals surface area contributed by atoms with Gasteiger partial charge in [0, 0.05) is 34.2 Å². The monoisotopic (exact) mass is 371 g/mol. The van der Waals surface area contributed by atoms with Crippen molar-refractivity contribution in [1.29, 1.82) is 0 Å². The number of ketones is 1. The van der Waals surface area contributed by atoms with Gasteiger partial charge in [-0.1, -0.05) is 42.5 Å². The molecule has 0 bridgehead atoms. The van der Waals surface area contributed by atoms with E-state index in [-0.39, 0.29) is 11.7 Å². The van der Waals surface area contributed by atoms with Crippen LogP contribution in [-0.4, -0.2) is 11.7 Å².